The average molecular weight is 588 g/mol. The third kappa shape index (κ3) is 9.63. The Labute approximate surface area is 237 Å². The molecule has 2 nitrogen and oxygen atoms in total. The summed E-state index contributed by atoms with van der Waals surface area (Å²) in [6, 6.07) is 12.0. The van der Waals surface area contributed by atoms with Gasteiger partial charge in [-0.1, -0.05) is 111 Å². The topological polar surface area (TPSA) is 18.5 Å². The van der Waals surface area contributed by atoms with Gasteiger partial charge in [-0.2, -0.15) is 0 Å². The van der Waals surface area contributed by atoms with Crippen LogP contribution in [0.2, 0.25) is 19.6 Å². The second-order valence-corrected chi connectivity index (χ2v) is 17.9. The van der Waals surface area contributed by atoms with E-state index in [1.165, 1.54) is 86.5 Å². The molecule has 0 saturated carbocycles. The average Bonchev–Trinajstić information content (AvgIpc) is 2.88. The summed E-state index contributed by atoms with van der Waals surface area (Å²) in [6.07, 6.45) is 16.0. The molecule has 37 heavy (non-hydrogen) atoms. The first-order chi connectivity index (χ1) is 17.8. The fourth-order valence-electron chi connectivity index (χ4n) is 5.51. The largest absolute Gasteiger partial charge is 0.353 e. The predicted molar refractivity (Wildman–Crippen MR) is 167 cm³/mol. The van der Waals surface area contributed by atoms with Crippen molar-refractivity contribution in [3.8, 4) is 11.1 Å². The molecular formula is C33H51BrO2Si. The maximum absolute atomic E-state index is 6.30. The zero-order valence-corrected chi connectivity index (χ0v) is 26.9. The van der Waals surface area contributed by atoms with Gasteiger partial charge in [-0.3, -0.25) is 0 Å². The van der Waals surface area contributed by atoms with Crippen molar-refractivity contribution in [2.45, 2.75) is 130 Å². The first-order valence-electron chi connectivity index (χ1n) is 15.0. The highest BCUT2D eigenvalue weighted by Crippen LogP contribution is 2.33. The molecule has 0 spiro atoms. The molecule has 0 bridgehead atoms. The highest BCUT2D eigenvalue weighted by atomic mass is 79.9. The smallest absolute Gasteiger partial charge is 0.158 e. The van der Waals surface area contributed by atoms with Crippen molar-refractivity contribution >= 4 is 29.2 Å². The lowest BCUT2D eigenvalue weighted by Gasteiger charge is -2.26. The van der Waals surface area contributed by atoms with Crippen molar-refractivity contribution in [3.05, 3.63) is 51.5 Å². The molecule has 0 aromatic heterocycles. The molecule has 3 rings (SSSR count). The molecule has 0 radical (unpaired) electrons. The van der Waals surface area contributed by atoms with Gasteiger partial charge in [0.05, 0.1) is 14.7 Å². The van der Waals surface area contributed by atoms with E-state index >= 15 is 0 Å². The van der Waals surface area contributed by atoms with Crippen molar-refractivity contribution in [1.82, 2.24) is 0 Å². The maximum atomic E-state index is 6.30. The Bertz CT molecular complexity index is 960. The maximum Gasteiger partial charge on any atom is 0.158 e. The van der Waals surface area contributed by atoms with E-state index in [1.807, 2.05) is 0 Å². The van der Waals surface area contributed by atoms with E-state index in [9.17, 15) is 0 Å². The Morgan fingerprint density at radius 2 is 1.51 bits per heavy atom. The molecule has 1 unspecified atom stereocenters. The Kier molecular flexibility index (Phi) is 12.9. The fourth-order valence-corrected chi connectivity index (χ4v) is 7.68. The Morgan fingerprint density at radius 1 is 0.811 bits per heavy atom. The van der Waals surface area contributed by atoms with Crippen LogP contribution in [0.5, 0.6) is 0 Å². The third-order valence-electron chi connectivity index (χ3n) is 7.66. The summed E-state index contributed by atoms with van der Waals surface area (Å²) in [4.78, 5) is 0. The SMILES string of the molecule is CCCCCCc1cc([Si](C)(C)C)c(CCCCCC)cc1-c1ccc(Br)cc1COC1CCCCO1. The van der Waals surface area contributed by atoms with Crippen molar-refractivity contribution < 1.29 is 9.47 Å². The lowest BCUT2D eigenvalue weighted by atomic mass is 9.90. The van der Waals surface area contributed by atoms with Crippen molar-refractivity contribution in [1.29, 1.82) is 0 Å². The van der Waals surface area contributed by atoms with Crippen LogP contribution in [0.25, 0.3) is 11.1 Å². The van der Waals surface area contributed by atoms with Crippen LogP contribution in [0, 0.1) is 0 Å². The number of hydrogen-bond donors (Lipinski definition) is 0. The third-order valence-corrected chi connectivity index (χ3v) is 10.2. The predicted octanol–water partition coefficient (Wildman–Crippen LogP) is 9.95. The molecule has 4 heteroatoms. The van der Waals surface area contributed by atoms with Gasteiger partial charge in [0.1, 0.15) is 0 Å². The number of aryl methyl sites for hydroxylation is 2. The van der Waals surface area contributed by atoms with Crippen LogP contribution in [-0.2, 0) is 28.9 Å². The minimum atomic E-state index is -1.47. The number of unbranched alkanes of at least 4 members (excludes halogenated alkanes) is 6. The molecule has 1 aliphatic rings. The molecule has 0 amide bonds. The zero-order chi connectivity index (χ0) is 26.7. The number of rotatable bonds is 15. The van der Waals surface area contributed by atoms with Crippen molar-refractivity contribution in [3.63, 3.8) is 0 Å². The van der Waals surface area contributed by atoms with Gasteiger partial charge in [0.25, 0.3) is 0 Å². The summed E-state index contributed by atoms with van der Waals surface area (Å²) in [5.41, 5.74) is 7.15. The van der Waals surface area contributed by atoms with E-state index in [4.69, 9.17) is 9.47 Å². The second-order valence-electron chi connectivity index (χ2n) is 11.9. The summed E-state index contributed by atoms with van der Waals surface area (Å²) < 4.78 is 13.3. The van der Waals surface area contributed by atoms with Gasteiger partial charge in [-0.25, -0.2) is 0 Å². The first kappa shape index (κ1) is 30.6. The molecule has 1 fully saturated rings. The van der Waals surface area contributed by atoms with Crippen LogP contribution in [0.4, 0.5) is 0 Å². The summed E-state index contributed by atoms with van der Waals surface area (Å²) in [5, 5.41) is 1.67. The number of ether oxygens (including phenoxy) is 2. The molecule has 206 valence electrons. The lowest BCUT2D eigenvalue weighted by molar-refractivity contribution is -0.168. The van der Waals surface area contributed by atoms with E-state index in [0.29, 0.717) is 6.61 Å². The van der Waals surface area contributed by atoms with Gasteiger partial charge in [0, 0.05) is 11.1 Å². The van der Waals surface area contributed by atoms with Crippen LogP contribution < -0.4 is 5.19 Å². The molecule has 1 saturated heterocycles. The van der Waals surface area contributed by atoms with E-state index in [2.05, 4.69) is 79.8 Å². The van der Waals surface area contributed by atoms with Gasteiger partial charge >= 0.3 is 0 Å². The van der Waals surface area contributed by atoms with Crippen molar-refractivity contribution in [2.75, 3.05) is 6.61 Å². The number of halogens is 1. The van der Waals surface area contributed by atoms with Crippen LogP contribution in [0.1, 0.15) is 101 Å². The van der Waals surface area contributed by atoms with E-state index in [1.54, 1.807) is 10.8 Å². The first-order valence-corrected chi connectivity index (χ1v) is 19.3. The molecule has 1 aliphatic heterocycles. The van der Waals surface area contributed by atoms with Crippen LogP contribution in [0.15, 0.2) is 34.8 Å². The molecule has 0 N–H and O–H groups in total. The number of benzene rings is 2. The zero-order valence-electron chi connectivity index (χ0n) is 24.3. The van der Waals surface area contributed by atoms with Gasteiger partial charge < -0.3 is 9.47 Å². The molecular weight excluding hydrogens is 536 g/mol. The van der Waals surface area contributed by atoms with Gasteiger partial charge in [0.2, 0.25) is 0 Å². The van der Waals surface area contributed by atoms with Gasteiger partial charge in [0.15, 0.2) is 6.29 Å². The Balaban J connectivity index is 2.00. The standard InChI is InChI=1S/C33H51BrO2Si/c1-6-8-10-12-16-26-24-32(37(3,4)5)27(17-13-11-9-7-2)23-31(26)30-20-19-29(34)22-28(30)25-36-33-18-14-15-21-35-33/h19-20,22-24,33H,6-18,21,25H2,1-5H3. The molecule has 2 aromatic carbocycles. The minimum absolute atomic E-state index is 0.0718. The second kappa shape index (κ2) is 15.6. The molecule has 2 aromatic rings. The highest BCUT2D eigenvalue weighted by Gasteiger charge is 2.24. The molecule has 1 atom stereocenters. The number of hydrogen-bond acceptors (Lipinski definition) is 2. The summed E-state index contributed by atoms with van der Waals surface area (Å²) in [5.74, 6) is 0. The normalized spacial score (nSPS) is 16.3. The van der Waals surface area contributed by atoms with Crippen LogP contribution >= 0.6 is 15.9 Å². The molecule has 0 aliphatic carbocycles. The fraction of sp³-hybridized carbons (Fsp3) is 0.636. The van der Waals surface area contributed by atoms with E-state index in [0.717, 1.165) is 30.3 Å². The quantitative estimate of drug-likeness (QED) is 0.153. The summed E-state index contributed by atoms with van der Waals surface area (Å²) >= 11 is 3.73. The van der Waals surface area contributed by atoms with Gasteiger partial charge in [-0.15, -0.1) is 0 Å². The summed E-state index contributed by atoms with van der Waals surface area (Å²) in [7, 11) is -1.47. The summed E-state index contributed by atoms with van der Waals surface area (Å²) in [6.45, 7) is 13.6. The van der Waals surface area contributed by atoms with Crippen LogP contribution in [0.3, 0.4) is 0 Å². The van der Waals surface area contributed by atoms with E-state index in [-0.39, 0.29) is 6.29 Å². The monoisotopic (exact) mass is 586 g/mol. The van der Waals surface area contributed by atoms with Gasteiger partial charge in [-0.05, 0) is 84.9 Å². The lowest BCUT2D eigenvalue weighted by Crippen LogP contribution is -2.40. The van der Waals surface area contributed by atoms with Crippen LogP contribution in [-0.4, -0.2) is 21.0 Å². The molecule has 1 heterocycles. The van der Waals surface area contributed by atoms with E-state index < -0.39 is 8.07 Å². The van der Waals surface area contributed by atoms with Crippen molar-refractivity contribution in [2.24, 2.45) is 0 Å². The highest BCUT2D eigenvalue weighted by molar-refractivity contribution is 9.10. The Morgan fingerprint density at radius 3 is 2.14 bits per heavy atom. The Hall–Kier alpha value is -0.943. The minimum Gasteiger partial charge on any atom is -0.353 e.